The first-order chi connectivity index (χ1) is 12.4. The summed E-state index contributed by atoms with van der Waals surface area (Å²) in [6, 6.07) is 21.7. The Hall–Kier alpha value is -3.60. The van der Waals surface area contributed by atoms with Crippen molar-refractivity contribution in [2.24, 2.45) is 0 Å². The molecule has 0 spiro atoms. The van der Waals surface area contributed by atoms with Gasteiger partial charge in [0.15, 0.2) is 11.5 Å². The molecule has 0 aliphatic rings. The van der Waals surface area contributed by atoms with E-state index in [1.165, 1.54) is 0 Å². The molecule has 0 radical (unpaired) electrons. The zero-order valence-corrected chi connectivity index (χ0v) is 13.2. The predicted molar refractivity (Wildman–Crippen MR) is 97.9 cm³/mol. The first-order valence-electron chi connectivity index (χ1n) is 8.02. The Balaban J connectivity index is 1.83. The molecular weight excluding hydrogens is 310 g/mol. The Labute approximate surface area is 143 Å². The quantitative estimate of drug-likeness (QED) is 0.528. The number of benzene rings is 2. The number of fused-ring (bicyclic) bond motifs is 2. The third-order valence-corrected chi connectivity index (χ3v) is 4.10. The van der Waals surface area contributed by atoms with Crippen LogP contribution in [0.25, 0.3) is 45.0 Å². The van der Waals surface area contributed by atoms with Crippen LogP contribution in [0.3, 0.4) is 0 Å². The van der Waals surface area contributed by atoms with Gasteiger partial charge in [0.05, 0.1) is 16.6 Å². The van der Waals surface area contributed by atoms with Crippen LogP contribution in [0.5, 0.6) is 0 Å². The van der Waals surface area contributed by atoms with Gasteiger partial charge < -0.3 is 4.98 Å². The van der Waals surface area contributed by atoms with Crippen molar-refractivity contribution in [3.8, 4) is 22.8 Å². The van der Waals surface area contributed by atoms with Crippen LogP contribution in [-0.4, -0.2) is 24.9 Å². The number of aromatic amines is 1. The molecule has 0 atom stereocenters. The molecular formula is C20H13N5. The van der Waals surface area contributed by atoms with Crippen molar-refractivity contribution < 1.29 is 0 Å². The summed E-state index contributed by atoms with van der Waals surface area (Å²) >= 11 is 0. The smallest absolute Gasteiger partial charge is 0.178 e. The van der Waals surface area contributed by atoms with Gasteiger partial charge in [-0.2, -0.15) is 0 Å². The number of nitrogens with zero attached hydrogens (tertiary/aromatic N) is 4. The number of pyridine rings is 1. The maximum absolute atomic E-state index is 4.85. The fourth-order valence-electron chi connectivity index (χ4n) is 2.92. The highest BCUT2D eigenvalue weighted by molar-refractivity contribution is 5.86. The summed E-state index contributed by atoms with van der Waals surface area (Å²) in [7, 11) is 0. The van der Waals surface area contributed by atoms with Gasteiger partial charge in [0, 0.05) is 11.8 Å². The zero-order chi connectivity index (χ0) is 16.6. The molecule has 1 N–H and O–H groups in total. The Morgan fingerprint density at radius 1 is 0.640 bits per heavy atom. The monoisotopic (exact) mass is 323 g/mol. The van der Waals surface area contributed by atoms with Gasteiger partial charge in [0.25, 0.3) is 0 Å². The average molecular weight is 323 g/mol. The zero-order valence-electron chi connectivity index (χ0n) is 13.2. The second-order valence-corrected chi connectivity index (χ2v) is 5.74. The summed E-state index contributed by atoms with van der Waals surface area (Å²) in [6.07, 6.45) is 1.73. The molecule has 5 aromatic rings. The molecule has 0 bridgehead atoms. The van der Waals surface area contributed by atoms with Gasteiger partial charge in [-0.05, 0) is 24.3 Å². The van der Waals surface area contributed by atoms with E-state index in [4.69, 9.17) is 9.97 Å². The second kappa shape index (κ2) is 5.49. The number of rotatable bonds is 2. The van der Waals surface area contributed by atoms with Gasteiger partial charge in [0.2, 0.25) is 0 Å². The lowest BCUT2D eigenvalue weighted by atomic mass is 10.1. The first kappa shape index (κ1) is 13.8. The minimum Gasteiger partial charge on any atom is -0.335 e. The van der Waals surface area contributed by atoms with Gasteiger partial charge in [-0.1, -0.05) is 42.5 Å². The Bertz CT molecular complexity index is 1160. The first-order valence-corrected chi connectivity index (χ1v) is 8.02. The molecule has 5 heteroatoms. The molecule has 0 unspecified atom stereocenters. The van der Waals surface area contributed by atoms with Crippen LogP contribution >= 0.6 is 0 Å². The lowest BCUT2D eigenvalue weighted by Crippen LogP contribution is -1.96. The summed E-state index contributed by atoms with van der Waals surface area (Å²) in [5.41, 5.74) is 5.79. The number of para-hydroxylation sites is 2. The number of imidazole rings is 1. The SMILES string of the molecule is c1ccc(-c2nc3ccccc3nc2-c2nc3ncccc3[nH]2)cc1. The second-order valence-electron chi connectivity index (χ2n) is 5.74. The minimum atomic E-state index is 0.672. The van der Waals surface area contributed by atoms with E-state index < -0.39 is 0 Å². The fourth-order valence-corrected chi connectivity index (χ4v) is 2.92. The molecule has 0 amide bonds. The van der Waals surface area contributed by atoms with Crippen LogP contribution < -0.4 is 0 Å². The summed E-state index contributed by atoms with van der Waals surface area (Å²) in [6.45, 7) is 0. The lowest BCUT2D eigenvalue weighted by Gasteiger charge is -2.08. The van der Waals surface area contributed by atoms with Crippen molar-refractivity contribution >= 4 is 22.2 Å². The van der Waals surface area contributed by atoms with Crippen LogP contribution in [0.2, 0.25) is 0 Å². The van der Waals surface area contributed by atoms with E-state index in [9.17, 15) is 0 Å². The maximum Gasteiger partial charge on any atom is 0.178 e. The highest BCUT2D eigenvalue weighted by Gasteiger charge is 2.16. The Kier molecular flexibility index (Phi) is 3.03. The average Bonchev–Trinajstić information content (AvgIpc) is 3.12. The molecule has 118 valence electrons. The molecule has 0 fully saturated rings. The topological polar surface area (TPSA) is 67.3 Å². The van der Waals surface area contributed by atoms with E-state index in [-0.39, 0.29) is 0 Å². The van der Waals surface area contributed by atoms with Gasteiger partial charge in [0.1, 0.15) is 11.4 Å². The third-order valence-electron chi connectivity index (χ3n) is 4.10. The van der Waals surface area contributed by atoms with Crippen molar-refractivity contribution in [1.29, 1.82) is 0 Å². The number of H-pyrrole nitrogens is 1. The van der Waals surface area contributed by atoms with Crippen LogP contribution in [0, 0.1) is 0 Å². The van der Waals surface area contributed by atoms with Crippen molar-refractivity contribution in [2.45, 2.75) is 0 Å². The van der Waals surface area contributed by atoms with E-state index in [2.05, 4.69) is 15.0 Å². The summed E-state index contributed by atoms with van der Waals surface area (Å²) < 4.78 is 0. The molecule has 3 heterocycles. The Morgan fingerprint density at radius 2 is 1.36 bits per heavy atom. The standard InChI is InChI=1S/C20H13N5/c1-2-7-13(8-3-1)17-18(23-15-10-5-4-9-14(15)22-17)20-24-16-11-6-12-21-19(16)25-20/h1-12H,(H,21,24,25). The number of aromatic nitrogens is 5. The molecule has 0 aliphatic heterocycles. The van der Waals surface area contributed by atoms with Gasteiger partial charge in [-0.3, -0.25) is 0 Å². The molecule has 2 aromatic carbocycles. The molecule has 5 rings (SSSR count). The van der Waals surface area contributed by atoms with Crippen LogP contribution in [0.4, 0.5) is 0 Å². The minimum absolute atomic E-state index is 0.672. The fraction of sp³-hybridized carbons (Fsp3) is 0. The largest absolute Gasteiger partial charge is 0.335 e. The number of nitrogens with one attached hydrogen (secondary N) is 1. The van der Waals surface area contributed by atoms with Gasteiger partial charge in [-0.15, -0.1) is 0 Å². The predicted octanol–water partition coefficient (Wildman–Crippen LogP) is 4.24. The summed E-state index contributed by atoms with van der Waals surface area (Å²) in [5.74, 6) is 0.672. The van der Waals surface area contributed by atoms with Crippen molar-refractivity contribution in [2.75, 3.05) is 0 Å². The third kappa shape index (κ3) is 2.33. The van der Waals surface area contributed by atoms with Gasteiger partial charge >= 0.3 is 0 Å². The molecule has 3 aromatic heterocycles. The molecule has 0 aliphatic carbocycles. The lowest BCUT2D eigenvalue weighted by molar-refractivity contribution is 1.22. The van der Waals surface area contributed by atoms with E-state index in [0.717, 1.165) is 33.5 Å². The number of hydrogen-bond acceptors (Lipinski definition) is 4. The van der Waals surface area contributed by atoms with Crippen molar-refractivity contribution in [3.63, 3.8) is 0 Å². The molecule has 25 heavy (non-hydrogen) atoms. The van der Waals surface area contributed by atoms with E-state index >= 15 is 0 Å². The van der Waals surface area contributed by atoms with E-state index in [1.54, 1.807) is 6.20 Å². The van der Waals surface area contributed by atoms with E-state index in [0.29, 0.717) is 11.5 Å². The Morgan fingerprint density at radius 3 is 2.12 bits per heavy atom. The molecule has 0 saturated carbocycles. The summed E-state index contributed by atoms with van der Waals surface area (Å²) in [4.78, 5) is 21.9. The van der Waals surface area contributed by atoms with Gasteiger partial charge in [-0.25, -0.2) is 19.9 Å². The highest BCUT2D eigenvalue weighted by atomic mass is 15.0. The normalized spacial score (nSPS) is 11.2. The van der Waals surface area contributed by atoms with Crippen LogP contribution in [0.15, 0.2) is 72.9 Å². The van der Waals surface area contributed by atoms with Crippen molar-refractivity contribution in [3.05, 3.63) is 72.9 Å². The molecule has 5 nitrogen and oxygen atoms in total. The summed E-state index contributed by atoms with van der Waals surface area (Å²) in [5, 5.41) is 0. The highest BCUT2D eigenvalue weighted by Crippen LogP contribution is 2.30. The molecule has 0 saturated heterocycles. The maximum atomic E-state index is 4.85. The van der Waals surface area contributed by atoms with Crippen molar-refractivity contribution in [1.82, 2.24) is 24.9 Å². The van der Waals surface area contributed by atoms with E-state index in [1.807, 2.05) is 66.7 Å². The van der Waals surface area contributed by atoms with Crippen LogP contribution in [-0.2, 0) is 0 Å². The number of hydrogen-bond donors (Lipinski definition) is 1. The van der Waals surface area contributed by atoms with Crippen LogP contribution in [0.1, 0.15) is 0 Å².